The average molecular weight is 248 g/mol. The molecular formula is C13H13FN2O2. The second-order valence-corrected chi connectivity index (χ2v) is 4.68. The third kappa shape index (κ3) is 1.66. The van der Waals surface area contributed by atoms with Crippen LogP contribution in [0.3, 0.4) is 0 Å². The van der Waals surface area contributed by atoms with E-state index in [2.05, 4.69) is 5.32 Å². The Morgan fingerprint density at radius 1 is 1.33 bits per heavy atom. The number of nitrogens with zero attached hydrogens (tertiary/aromatic N) is 1. The normalized spacial score (nSPS) is 22.9. The number of hydrogen-bond donors (Lipinski definition) is 1. The van der Waals surface area contributed by atoms with Gasteiger partial charge in [0.1, 0.15) is 11.9 Å². The van der Waals surface area contributed by atoms with Crippen molar-refractivity contribution in [2.24, 2.45) is 0 Å². The largest absolute Gasteiger partial charge is 0.354 e. The Balaban J connectivity index is 1.89. The molecule has 94 valence electrons. The smallest absolute Gasteiger partial charge is 0.255 e. The van der Waals surface area contributed by atoms with Crippen molar-refractivity contribution >= 4 is 11.8 Å². The highest BCUT2D eigenvalue weighted by Gasteiger charge is 2.37. The van der Waals surface area contributed by atoms with Crippen LogP contribution in [-0.2, 0) is 11.3 Å². The number of hydrogen-bond acceptors (Lipinski definition) is 2. The van der Waals surface area contributed by atoms with E-state index in [9.17, 15) is 14.0 Å². The second-order valence-electron chi connectivity index (χ2n) is 4.68. The molecule has 0 radical (unpaired) electrons. The third-order valence-corrected chi connectivity index (χ3v) is 3.53. The van der Waals surface area contributed by atoms with E-state index in [1.165, 1.54) is 18.2 Å². The number of benzene rings is 1. The summed E-state index contributed by atoms with van der Waals surface area (Å²) in [5.41, 5.74) is 1.17. The molecule has 2 amide bonds. The molecule has 0 bridgehead atoms. The highest BCUT2D eigenvalue weighted by Crippen LogP contribution is 2.27. The topological polar surface area (TPSA) is 49.4 Å². The average Bonchev–Trinajstić information content (AvgIpc) is 2.67. The van der Waals surface area contributed by atoms with Crippen LogP contribution in [0.15, 0.2) is 18.2 Å². The molecule has 0 aromatic heterocycles. The van der Waals surface area contributed by atoms with Crippen molar-refractivity contribution in [1.29, 1.82) is 0 Å². The minimum atomic E-state index is -0.415. The van der Waals surface area contributed by atoms with Gasteiger partial charge >= 0.3 is 0 Å². The van der Waals surface area contributed by atoms with Gasteiger partial charge in [-0.25, -0.2) is 4.39 Å². The van der Waals surface area contributed by atoms with Crippen LogP contribution in [0.1, 0.15) is 28.8 Å². The Labute approximate surface area is 104 Å². The van der Waals surface area contributed by atoms with Gasteiger partial charge in [-0.05, 0) is 36.6 Å². The monoisotopic (exact) mass is 248 g/mol. The molecule has 2 aliphatic heterocycles. The van der Waals surface area contributed by atoms with Crippen LogP contribution >= 0.6 is 0 Å². The van der Waals surface area contributed by atoms with Crippen molar-refractivity contribution in [3.8, 4) is 0 Å². The van der Waals surface area contributed by atoms with Crippen LogP contribution in [-0.4, -0.2) is 29.3 Å². The summed E-state index contributed by atoms with van der Waals surface area (Å²) in [4.78, 5) is 25.5. The molecule has 1 saturated heterocycles. The number of amides is 2. The van der Waals surface area contributed by atoms with E-state index >= 15 is 0 Å². The van der Waals surface area contributed by atoms with Crippen LogP contribution < -0.4 is 5.32 Å². The summed E-state index contributed by atoms with van der Waals surface area (Å²) >= 11 is 0. The summed E-state index contributed by atoms with van der Waals surface area (Å²) in [5, 5.41) is 2.76. The number of carbonyl (C=O) groups is 2. The molecule has 1 aromatic carbocycles. The minimum absolute atomic E-state index is 0.108. The Hall–Kier alpha value is -1.91. The summed E-state index contributed by atoms with van der Waals surface area (Å²) in [5.74, 6) is -0.633. The van der Waals surface area contributed by atoms with E-state index in [1.807, 2.05) is 0 Å². The van der Waals surface area contributed by atoms with Crippen molar-refractivity contribution in [2.75, 3.05) is 6.54 Å². The maximum absolute atomic E-state index is 13.1. The fourth-order valence-electron chi connectivity index (χ4n) is 2.62. The summed E-state index contributed by atoms with van der Waals surface area (Å²) in [7, 11) is 0. The fraction of sp³-hybridized carbons (Fsp3) is 0.385. The van der Waals surface area contributed by atoms with Gasteiger partial charge < -0.3 is 10.2 Å². The molecule has 5 heteroatoms. The molecule has 3 rings (SSSR count). The summed E-state index contributed by atoms with van der Waals surface area (Å²) < 4.78 is 13.1. The molecule has 4 nitrogen and oxygen atoms in total. The highest BCUT2D eigenvalue weighted by atomic mass is 19.1. The number of fused-ring (bicyclic) bond motifs is 1. The molecule has 1 N–H and O–H groups in total. The molecular weight excluding hydrogens is 235 g/mol. The van der Waals surface area contributed by atoms with Gasteiger partial charge in [-0.1, -0.05) is 0 Å². The first-order valence-corrected chi connectivity index (χ1v) is 6.04. The lowest BCUT2D eigenvalue weighted by atomic mass is 10.1. The molecule has 2 heterocycles. The van der Waals surface area contributed by atoms with Gasteiger partial charge in [0.2, 0.25) is 5.91 Å². The van der Waals surface area contributed by atoms with Crippen molar-refractivity contribution in [3.05, 3.63) is 35.1 Å². The standard InChI is InChI=1S/C13H13FN2O2/c14-9-3-4-10-8(6-9)7-16(13(10)18)11-2-1-5-15-12(11)17/h3-4,6,11H,1-2,5,7H2,(H,15,17). The third-order valence-electron chi connectivity index (χ3n) is 3.53. The van der Waals surface area contributed by atoms with Gasteiger partial charge in [0.25, 0.3) is 5.91 Å². The molecule has 1 atom stereocenters. The number of carbonyl (C=O) groups excluding carboxylic acids is 2. The molecule has 0 aliphatic carbocycles. The lowest BCUT2D eigenvalue weighted by Crippen LogP contribution is -2.50. The second kappa shape index (κ2) is 4.08. The van der Waals surface area contributed by atoms with Gasteiger partial charge in [0.05, 0.1) is 0 Å². The molecule has 1 aromatic rings. The number of nitrogens with one attached hydrogen (secondary N) is 1. The van der Waals surface area contributed by atoms with Crippen LogP contribution in [0.2, 0.25) is 0 Å². The Morgan fingerprint density at radius 3 is 2.94 bits per heavy atom. The summed E-state index contributed by atoms with van der Waals surface area (Å²) in [6, 6.07) is 3.73. The van der Waals surface area contributed by atoms with Gasteiger partial charge in [0, 0.05) is 18.7 Å². The molecule has 1 fully saturated rings. The van der Waals surface area contributed by atoms with E-state index in [0.717, 1.165) is 6.42 Å². The zero-order valence-electron chi connectivity index (χ0n) is 9.78. The lowest BCUT2D eigenvalue weighted by Gasteiger charge is -2.30. The van der Waals surface area contributed by atoms with Crippen LogP contribution in [0.4, 0.5) is 4.39 Å². The molecule has 18 heavy (non-hydrogen) atoms. The van der Waals surface area contributed by atoms with Crippen molar-refractivity contribution in [2.45, 2.75) is 25.4 Å². The SMILES string of the molecule is O=C1NCCCC1N1Cc2cc(F)ccc2C1=O. The van der Waals surface area contributed by atoms with Crippen molar-refractivity contribution in [3.63, 3.8) is 0 Å². The van der Waals surface area contributed by atoms with Gasteiger partial charge in [-0.3, -0.25) is 9.59 Å². The summed E-state index contributed by atoms with van der Waals surface area (Å²) in [6.07, 6.45) is 1.54. The number of rotatable bonds is 1. The lowest BCUT2D eigenvalue weighted by molar-refractivity contribution is -0.127. The van der Waals surface area contributed by atoms with E-state index in [1.54, 1.807) is 4.90 Å². The maximum Gasteiger partial charge on any atom is 0.255 e. The predicted octanol–water partition coefficient (Wildman–Crippen LogP) is 1.06. The first-order valence-electron chi connectivity index (χ1n) is 6.04. The van der Waals surface area contributed by atoms with E-state index in [0.29, 0.717) is 30.6 Å². The molecule has 2 aliphatic rings. The van der Waals surface area contributed by atoms with Crippen LogP contribution in [0, 0.1) is 5.82 Å². The Kier molecular flexibility index (Phi) is 2.54. The quantitative estimate of drug-likeness (QED) is 0.808. The van der Waals surface area contributed by atoms with Crippen LogP contribution in [0.5, 0.6) is 0 Å². The Bertz CT molecular complexity index is 530. The zero-order chi connectivity index (χ0) is 12.7. The van der Waals surface area contributed by atoms with Gasteiger partial charge in [0.15, 0.2) is 0 Å². The first-order chi connectivity index (χ1) is 8.66. The molecule has 1 unspecified atom stereocenters. The molecule has 0 spiro atoms. The van der Waals surface area contributed by atoms with Gasteiger partial charge in [-0.2, -0.15) is 0 Å². The number of halogens is 1. The maximum atomic E-state index is 13.1. The van der Waals surface area contributed by atoms with Gasteiger partial charge in [-0.15, -0.1) is 0 Å². The minimum Gasteiger partial charge on any atom is -0.354 e. The molecule has 0 saturated carbocycles. The summed E-state index contributed by atoms with van der Waals surface area (Å²) in [6.45, 7) is 0.989. The van der Waals surface area contributed by atoms with Crippen LogP contribution in [0.25, 0.3) is 0 Å². The van der Waals surface area contributed by atoms with E-state index in [-0.39, 0.29) is 17.6 Å². The Morgan fingerprint density at radius 2 is 2.17 bits per heavy atom. The first kappa shape index (κ1) is 11.2. The predicted molar refractivity (Wildman–Crippen MR) is 62.3 cm³/mol. The van der Waals surface area contributed by atoms with E-state index < -0.39 is 6.04 Å². The fourth-order valence-corrected chi connectivity index (χ4v) is 2.62. The van der Waals surface area contributed by atoms with Crippen molar-refractivity contribution < 1.29 is 14.0 Å². The zero-order valence-corrected chi connectivity index (χ0v) is 9.78. The van der Waals surface area contributed by atoms with E-state index in [4.69, 9.17) is 0 Å². The van der Waals surface area contributed by atoms with Crippen molar-refractivity contribution in [1.82, 2.24) is 10.2 Å². The highest BCUT2D eigenvalue weighted by molar-refractivity contribution is 6.01. The number of piperidine rings is 1.